The molecule has 9 heteroatoms. The maximum absolute atomic E-state index is 12.2. The Bertz CT molecular complexity index is 996. The van der Waals surface area contributed by atoms with Crippen molar-refractivity contribution < 1.29 is 13.2 Å². The van der Waals surface area contributed by atoms with Crippen molar-refractivity contribution in [1.29, 1.82) is 0 Å². The number of anilines is 2. The van der Waals surface area contributed by atoms with Crippen molar-refractivity contribution in [2.75, 3.05) is 48.8 Å². The summed E-state index contributed by atoms with van der Waals surface area (Å²) in [5.41, 5.74) is 3.10. The van der Waals surface area contributed by atoms with Crippen LogP contribution in [-0.4, -0.2) is 47.0 Å². The zero-order valence-electron chi connectivity index (χ0n) is 18.4. The number of nitrogens with zero attached hydrogens (tertiary/aromatic N) is 1. The summed E-state index contributed by atoms with van der Waals surface area (Å²) in [5, 5.41) is 3.93. The molecule has 6 nitrogen and oxygen atoms in total. The lowest BCUT2D eigenvalue weighted by Gasteiger charge is -2.30. The Balaban J connectivity index is 1.37. The van der Waals surface area contributed by atoms with E-state index in [0.717, 1.165) is 30.1 Å². The van der Waals surface area contributed by atoms with Crippen molar-refractivity contribution in [3.8, 4) is 5.75 Å². The van der Waals surface area contributed by atoms with E-state index in [1.54, 1.807) is 18.2 Å². The van der Waals surface area contributed by atoms with E-state index >= 15 is 0 Å². The highest BCUT2D eigenvalue weighted by molar-refractivity contribution is 7.89. The second-order valence-electron chi connectivity index (χ2n) is 7.92. The van der Waals surface area contributed by atoms with Gasteiger partial charge < -0.3 is 15.0 Å². The van der Waals surface area contributed by atoms with Crippen LogP contribution in [0.25, 0.3) is 0 Å². The Morgan fingerprint density at radius 3 is 2.56 bits per heavy atom. The molecule has 0 amide bonds. The lowest BCUT2D eigenvalue weighted by Crippen LogP contribution is -2.31. The molecule has 176 valence electrons. The first-order valence-corrected chi connectivity index (χ1v) is 13.4. The minimum Gasteiger partial charge on any atom is -0.493 e. The minimum absolute atomic E-state index is 0.0366. The standard InChI is InChI=1S/C23H31Cl2N3O3S/c1-18-22(28-13-3-2-4-14-28)7-5-8-23(18)31-15-6-11-27-32(29,30)16-12-26-19-9-10-20(24)21(25)17-19/h5,7-10,17,26-27H,2-4,6,11-16H2,1H3. The number of piperidine rings is 1. The summed E-state index contributed by atoms with van der Waals surface area (Å²) in [6.07, 6.45) is 4.35. The molecule has 2 aromatic rings. The molecular formula is C23H31Cl2N3O3S. The van der Waals surface area contributed by atoms with E-state index < -0.39 is 10.0 Å². The van der Waals surface area contributed by atoms with Gasteiger partial charge in [-0.05, 0) is 62.9 Å². The largest absolute Gasteiger partial charge is 0.493 e. The summed E-state index contributed by atoms with van der Waals surface area (Å²) in [5.74, 6) is 0.826. The van der Waals surface area contributed by atoms with Crippen LogP contribution in [0.2, 0.25) is 10.0 Å². The summed E-state index contributed by atoms with van der Waals surface area (Å²) in [6, 6.07) is 11.2. The molecule has 0 atom stereocenters. The van der Waals surface area contributed by atoms with Crippen LogP contribution in [0.1, 0.15) is 31.2 Å². The quantitative estimate of drug-likeness (QED) is 0.421. The first-order chi connectivity index (χ1) is 15.4. The second-order valence-corrected chi connectivity index (χ2v) is 10.7. The number of sulfonamides is 1. The first-order valence-electron chi connectivity index (χ1n) is 11.0. The molecule has 1 saturated heterocycles. The predicted molar refractivity (Wildman–Crippen MR) is 134 cm³/mol. The smallest absolute Gasteiger partial charge is 0.213 e. The Hall–Kier alpha value is -1.67. The second kappa shape index (κ2) is 12.0. The molecule has 0 bridgehead atoms. The number of hydrogen-bond donors (Lipinski definition) is 2. The van der Waals surface area contributed by atoms with Gasteiger partial charge in [0.05, 0.1) is 22.4 Å². The van der Waals surface area contributed by atoms with E-state index in [0.29, 0.717) is 29.6 Å². The van der Waals surface area contributed by atoms with Gasteiger partial charge in [0.25, 0.3) is 0 Å². The monoisotopic (exact) mass is 499 g/mol. The fourth-order valence-corrected chi connectivity index (χ4v) is 5.00. The molecule has 2 aromatic carbocycles. The van der Waals surface area contributed by atoms with Gasteiger partial charge in [0, 0.05) is 43.1 Å². The Morgan fingerprint density at radius 2 is 1.81 bits per heavy atom. The van der Waals surface area contributed by atoms with E-state index in [-0.39, 0.29) is 12.3 Å². The number of ether oxygens (including phenoxy) is 1. The van der Waals surface area contributed by atoms with Gasteiger partial charge in [-0.25, -0.2) is 13.1 Å². The summed E-state index contributed by atoms with van der Waals surface area (Å²) in [4.78, 5) is 2.42. The van der Waals surface area contributed by atoms with Crippen molar-refractivity contribution in [3.63, 3.8) is 0 Å². The van der Waals surface area contributed by atoms with Crippen molar-refractivity contribution >= 4 is 44.6 Å². The fourth-order valence-electron chi connectivity index (χ4n) is 3.73. The molecule has 0 saturated carbocycles. The van der Waals surface area contributed by atoms with Gasteiger partial charge in [0.2, 0.25) is 10.0 Å². The van der Waals surface area contributed by atoms with E-state index in [1.165, 1.54) is 24.9 Å². The Kier molecular flexibility index (Phi) is 9.34. The van der Waals surface area contributed by atoms with Crippen LogP contribution in [0, 0.1) is 6.92 Å². The van der Waals surface area contributed by atoms with Crippen LogP contribution < -0.4 is 19.7 Å². The lowest BCUT2D eigenvalue weighted by molar-refractivity contribution is 0.309. The van der Waals surface area contributed by atoms with Crippen LogP contribution in [0.15, 0.2) is 36.4 Å². The van der Waals surface area contributed by atoms with Crippen molar-refractivity contribution in [3.05, 3.63) is 52.0 Å². The number of halogens is 2. The van der Waals surface area contributed by atoms with Gasteiger partial charge in [0.1, 0.15) is 5.75 Å². The molecule has 0 aliphatic carbocycles. The van der Waals surface area contributed by atoms with Gasteiger partial charge in [0.15, 0.2) is 0 Å². The maximum atomic E-state index is 12.2. The average Bonchev–Trinajstić information content (AvgIpc) is 2.77. The van der Waals surface area contributed by atoms with Crippen LogP contribution in [-0.2, 0) is 10.0 Å². The highest BCUT2D eigenvalue weighted by atomic mass is 35.5. The van der Waals surface area contributed by atoms with E-state index in [4.69, 9.17) is 27.9 Å². The van der Waals surface area contributed by atoms with Crippen LogP contribution >= 0.6 is 23.2 Å². The summed E-state index contributed by atoms with van der Waals surface area (Å²) in [7, 11) is -3.38. The van der Waals surface area contributed by atoms with Gasteiger partial charge in [-0.2, -0.15) is 0 Å². The first kappa shape index (κ1) is 25.0. The number of rotatable bonds is 11. The molecule has 0 aromatic heterocycles. The zero-order valence-corrected chi connectivity index (χ0v) is 20.7. The molecule has 1 aliphatic rings. The van der Waals surface area contributed by atoms with E-state index in [2.05, 4.69) is 27.9 Å². The van der Waals surface area contributed by atoms with Gasteiger partial charge in [-0.15, -0.1) is 0 Å². The summed E-state index contributed by atoms with van der Waals surface area (Å²) >= 11 is 11.8. The topological polar surface area (TPSA) is 70.7 Å². The van der Waals surface area contributed by atoms with Crippen LogP contribution in [0.4, 0.5) is 11.4 Å². The molecule has 0 radical (unpaired) electrons. The molecule has 2 N–H and O–H groups in total. The minimum atomic E-state index is -3.38. The number of nitrogens with one attached hydrogen (secondary N) is 2. The van der Waals surface area contributed by atoms with Gasteiger partial charge in [-0.3, -0.25) is 0 Å². The molecular weight excluding hydrogens is 469 g/mol. The fraction of sp³-hybridized carbons (Fsp3) is 0.478. The van der Waals surface area contributed by atoms with Crippen molar-refractivity contribution in [2.45, 2.75) is 32.6 Å². The molecule has 0 unspecified atom stereocenters. The van der Waals surface area contributed by atoms with Crippen LogP contribution in [0.3, 0.4) is 0 Å². The highest BCUT2D eigenvalue weighted by Gasteiger charge is 2.15. The predicted octanol–water partition coefficient (Wildman–Crippen LogP) is 5.09. The molecule has 32 heavy (non-hydrogen) atoms. The highest BCUT2D eigenvalue weighted by Crippen LogP contribution is 2.30. The lowest BCUT2D eigenvalue weighted by atomic mass is 10.1. The Labute approximate surface area is 201 Å². The third kappa shape index (κ3) is 7.44. The van der Waals surface area contributed by atoms with Gasteiger partial charge in [-0.1, -0.05) is 29.3 Å². The molecule has 1 heterocycles. The van der Waals surface area contributed by atoms with E-state index in [9.17, 15) is 8.42 Å². The maximum Gasteiger partial charge on any atom is 0.213 e. The van der Waals surface area contributed by atoms with Crippen molar-refractivity contribution in [1.82, 2.24) is 4.72 Å². The van der Waals surface area contributed by atoms with Gasteiger partial charge >= 0.3 is 0 Å². The number of benzene rings is 2. The molecule has 1 fully saturated rings. The summed E-state index contributed by atoms with van der Waals surface area (Å²) < 4.78 is 33.0. The van der Waals surface area contributed by atoms with Crippen LogP contribution in [0.5, 0.6) is 5.75 Å². The normalized spacial score (nSPS) is 14.4. The average molecular weight is 500 g/mol. The molecule has 0 spiro atoms. The SMILES string of the molecule is Cc1c(OCCCNS(=O)(=O)CCNc2ccc(Cl)c(Cl)c2)cccc1N1CCCCC1. The Morgan fingerprint density at radius 1 is 1.03 bits per heavy atom. The van der Waals surface area contributed by atoms with E-state index in [1.807, 2.05) is 12.1 Å². The summed E-state index contributed by atoms with van der Waals surface area (Å²) in [6.45, 7) is 5.32. The van der Waals surface area contributed by atoms with Crippen molar-refractivity contribution in [2.24, 2.45) is 0 Å². The molecule has 1 aliphatic heterocycles. The third-order valence-electron chi connectivity index (χ3n) is 5.47. The molecule has 3 rings (SSSR count). The zero-order chi connectivity index (χ0) is 23.0. The number of hydrogen-bond acceptors (Lipinski definition) is 5. The third-order valence-corrected chi connectivity index (χ3v) is 7.60.